The van der Waals surface area contributed by atoms with Crippen LogP contribution in [0.3, 0.4) is 0 Å². The quantitative estimate of drug-likeness (QED) is 0.803. The number of benzene rings is 1. The molecule has 0 N–H and O–H groups in total. The molecule has 1 aromatic carbocycles. The summed E-state index contributed by atoms with van der Waals surface area (Å²) in [5, 5.41) is 0. The van der Waals surface area contributed by atoms with E-state index < -0.39 is 0 Å². The van der Waals surface area contributed by atoms with Crippen molar-refractivity contribution in [2.45, 2.75) is 19.8 Å². The zero-order valence-corrected chi connectivity index (χ0v) is 14.9. The molecule has 0 atom stereocenters. The summed E-state index contributed by atoms with van der Waals surface area (Å²) in [4.78, 5) is 30.6. The van der Waals surface area contributed by atoms with Gasteiger partial charge in [-0.25, -0.2) is 0 Å². The van der Waals surface area contributed by atoms with Crippen LogP contribution in [-0.4, -0.2) is 74.1 Å². The van der Waals surface area contributed by atoms with E-state index in [9.17, 15) is 9.59 Å². The third-order valence-electron chi connectivity index (χ3n) is 4.97. The molecular weight excluding hydrogens is 318 g/mol. The molecule has 3 rings (SSSR count). The number of aryl methyl sites for hydroxylation is 1. The number of fused-ring (bicyclic) bond motifs is 1. The first-order valence-corrected chi connectivity index (χ1v) is 9.09. The van der Waals surface area contributed by atoms with E-state index in [1.165, 1.54) is 12.5 Å². The number of hydrogen-bond acceptors (Lipinski definition) is 4. The number of carbonyl (C=O) groups excluding carboxylic acids is 2. The molecule has 0 radical (unpaired) electrons. The highest BCUT2D eigenvalue weighted by atomic mass is 16.5. The second-order valence-electron chi connectivity index (χ2n) is 6.67. The number of carbonyl (C=O) groups is 2. The number of para-hydroxylation sites is 1. The van der Waals surface area contributed by atoms with Crippen molar-refractivity contribution in [3.63, 3.8) is 0 Å². The van der Waals surface area contributed by atoms with Crippen LogP contribution in [0.1, 0.15) is 18.9 Å². The van der Waals surface area contributed by atoms with E-state index in [1.54, 1.807) is 4.90 Å². The third kappa shape index (κ3) is 4.58. The summed E-state index contributed by atoms with van der Waals surface area (Å²) in [6.07, 6.45) is 1.98. The van der Waals surface area contributed by atoms with Crippen LogP contribution < -0.4 is 4.90 Å². The Morgan fingerprint density at radius 1 is 1.16 bits per heavy atom. The first-order chi connectivity index (χ1) is 12.1. The Morgan fingerprint density at radius 2 is 1.92 bits per heavy atom. The van der Waals surface area contributed by atoms with Gasteiger partial charge >= 0.3 is 0 Å². The molecule has 6 heteroatoms. The topological polar surface area (TPSA) is 53.1 Å². The molecule has 2 aliphatic heterocycles. The molecule has 6 nitrogen and oxygen atoms in total. The summed E-state index contributed by atoms with van der Waals surface area (Å²) in [5.41, 5.74) is 2.21. The maximum atomic E-state index is 12.8. The van der Waals surface area contributed by atoms with Crippen molar-refractivity contribution in [2.75, 3.05) is 57.4 Å². The van der Waals surface area contributed by atoms with Gasteiger partial charge in [-0.05, 0) is 24.5 Å². The fourth-order valence-corrected chi connectivity index (χ4v) is 3.48. The average molecular weight is 345 g/mol. The van der Waals surface area contributed by atoms with E-state index in [0.717, 1.165) is 57.9 Å². The molecule has 0 spiro atoms. The molecule has 2 heterocycles. The molecule has 25 heavy (non-hydrogen) atoms. The maximum Gasteiger partial charge on any atom is 0.246 e. The summed E-state index contributed by atoms with van der Waals surface area (Å²) in [5.74, 6) is -0.0452. The lowest BCUT2D eigenvalue weighted by atomic mass is 10.0. The molecule has 0 bridgehead atoms. The number of amides is 2. The van der Waals surface area contributed by atoms with Crippen molar-refractivity contribution in [1.82, 2.24) is 9.80 Å². The van der Waals surface area contributed by atoms with Gasteiger partial charge in [0.25, 0.3) is 0 Å². The fourth-order valence-electron chi connectivity index (χ4n) is 3.48. The van der Waals surface area contributed by atoms with E-state index in [1.807, 2.05) is 23.1 Å². The van der Waals surface area contributed by atoms with Gasteiger partial charge in [-0.15, -0.1) is 0 Å². The van der Waals surface area contributed by atoms with Crippen LogP contribution in [0.25, 0.3) is 0 Å². The first-order valence-electron chi connectivity index (χ1n) is 9.09. The average Bonchev–Trinajstić information content (AvgIpc) is 2.65. The monoisotopic (exact) mass is 345 g/mol. The maximum absolute atomic E-state index is 12.8. The molecule has 2 aliphatic rings. The molecule has 0 unspecified atom stereocenters. The minimum atomic E-state index is -0.0492. The zero-order chi connectivity index (χ0) is 17.6. The van der Waals surface area contributed by atoms with E-state index in [2.05, 4.69) is 11.0 Å². The van der Waals surface area contributed by atoms with Crippen molar-refractivity contribution in [3.05, 3.63) is 29.8 Å². The van der Waals surface area contributed by atoms with Crippen molar-refractivity contribution in [1.29, 1.82) is 0 Å². The Labute approximate surface area is 149 Å². The third-order valence-corrected chi connectivity index (χ3v) is 4.97. The lowest BCUT2D eigenvalue weighted by molar-refractivity contribution is -0.133. The molecule has 1 aromatic rings. The van der Waals surface area contributed by atoms with Gasteiger partial charge in [0, 0.05) is 45.3 Å². The Kier molecular flexibility index (Phi) is 6.04. The van der Waals surface area contributed by atoms with Gasteiger partial charge in [-0.1, -0.05) is 18.2 Å². The summed E-state index contributed by atoms with van der Waals surface area (Å²) >= 11 is 0. The van der Waals surface area contributed by atoms with Crippen molar-refractivity contribution in [2.24, 2.45) is 0 Å². The van der Waals surface area contributed by atoms with Gasteiger partial charge in [0.05, 0.1) is 13.2 Å². The van der Waals surface area contributed by atoms with Gasteiger partial charge in [0.1, 0.15) is 6.54 Å². The highest BCUT2D eigenvalue weighted by Gasteiger charge is 2.25. The van der Waals surface area contributed by atoms with Crippen molar-refractivity contribution < 1.29 is 14.3 Å². The van der Waals surface area contributed by atoms with E-state index in [-0.39, 0.29) is 18.4 Å². The second kappa shape index (κ2) is 8.45. The number of rotatable bonds is 5. The predicted molar refractivity (Wildman–Crippen MR) is 96.6 cm³/mol. The molecule has 136 valence electrons. The summed E-state index contributed by atoms with van der Waals surface area (Å²) in [6, 6.07) is 8.05. The number of nitrogens with zero attached hydrogens (tertiary/aromatic N) is 3. The van der Waals surface area contributed by atoms with Crippen LogP contribution >= 0.6 is 0 Å². The first kappa shape index (κ1) is 17.9. The number of hydrogen-bond donors (Lipinski definition) is 0. The van der Waals surface area contributed by atoms with E-state index in [0.29, 0.717) is 6.54 Å². The number of morpholine rings is 1. The Balaban J connectivity index is 1.60. The smallest absolute Gasteiger partial charge is 0.246 e. The lowest BCUT2D eigenvalue weighted by Gasteiger charge is -2.33. The largest absolute Gasteiger partial charge is 0.379 e. The SMILES string of the molecule is CC(=O)N(CCN1CCOCC1)CC(=O)N1CCCc2ccccc21. The van der Waals surface area contributed by atoms with E-state index in [4.69, 9.17) is 4.74 Å². The summed E-state index contributed by atoms with van der Waals surface area (Å²) in [7, 11) is 0. The summed E-state index contributed by atoms with van der Waals surface area (Å²) in [6.45, 7) is 7.03. The van der Waals surface area contributed by atoms with Crippen LogP contribution in [0, 0.1) is 0 Å². The molecule has 0 saturated carbocycles. The molecule has 0 aliphatic carbocycles. The lowest BCUT2D eigenvalue weighted by Crippen LogP contribution is -2.47. The van der Waals surface area contributed by atoms with Crippen LogP contribution in [0.4, 0.5) is 5.69 Å². The van der Waals surface area contributed by atoms with Crippen LogP contribution in [0.15, 0.2) is 24.3 Å². The minimum Gasteiger partial charge on any atom is -0.379 e. The Hall–Kier alpha value is -1.92. The Morgan fingerprint density at radius 3 is 2.68 bits per heavy atom. The van der Waals surface area contributed by atoms with Crippen LogP contribution in [0.5, 0.6) is 0 Å². The van der Waals surface area contributed by atoms with Gasteiger partial charge in [0.2, 0.25) is 11.8 Å². The standard InChI is InChI=1S/C19H27N3O3/c1-16(23)21(10-9-20-11-13-25-14-12-20)15-19(24)22-8-4-6-17-5-2-3-7-18(17)22/h2-3,5,7H,4,6,8-15H2,1H3. The number of anilines is 1. The van der Waals surface area contributed by atoms with Gasteiger partial charge in [-0.3, -0.25) is 14.5 Å². The van der Waals surface area contributed by atoms with Crippen molar-refractivity contribution in [3.8, 4) is 0 Å². The van der Waals surface area contributed by atoms with Crippen LogP contribution in [-0.2, 0) is 20.7 Å². The highest BCUT2D eigenvalue weighted by Crippen LogP contribution is 2.26. The summed E-state index contributed by atoms with van der Waals surface area (Å²) < 4.78 is 5.35. The van der Waals surface area contributed by atoms with Crippen LogP contribution in [0.2, 0.25) is 0 Å². The molecule has 0 aromatic heterocycles. The van der Waals surface area contributed by atoms with Gasteiger partial charge in [0.15, 0.2) is 0 Å². The van der Waals surface area contributed by atoms with E-state index >= 15 is 0 Å². The van der Waals surface area contributed by atoms with Crippen molar-refractivity contribution >= 4 is 17.5 Å². The van der Waals surface area contributed by atoms with Gasteiger partial charge < -0.3 is 14.5 Å². The van der Waals surface area contributed by atoms with Gasteiger partial charge in [-0.2, -0.15) is 0 Å². The Bertz CT molecular complexity index is 614. The predicted octanol–water partition coefficient (Wildman–Crippen LogP) is 1.15. The fraction of sp³-hybridized carbons (Fsp3) is 0.579. The molecule has 2 amide bonds. The normalized spacial score (nSPS) is 17.9. The number of ether oxygens (including phenoxy) is 1. The second-order valence-corrected chi connectivity index (χ2v) is 6.67. The molecule has 1 fully saturated rings. The highest BCUT2D eigenvalue weighted by molar-refractivity contribution is 5.97. The molecule has 1 saturated heterocycles. The minimum absolute atomic E-state index is 0.00401. The molecular formula is C19H27N3O3. The zero-order valence-electron chi connectivity index (χ0n) is 14.9.